The van der Waals surface area contributed by atoms with E-state index >= 15 is 0 Å². The van der Waals surface area contributed by atoms with Gasteiger partial charge in [0.05, 0.1) is 7.11 Å². The average molecular weight is 262 g/mol. The zero-order valence-corrected chi connectivity index (χ0v) is 11.6. The van der Waals surface area contributed by atoms with Crippen molar-refractivity contribution < 1.29 is 4.74 Å². The van der Waals surface area contributed by atoms with Crippen molar-refractivity contribution in [2.24, 2.45) is 0 Å². The number of methoxy groups -OCH3 is 1. The van der Waals surface area contributed by atoms with Crippen molar-refractivity contribution in [3.63, 3.8) is 0 Å². The number of likely N-dealkylation sites (tertiary alicyclic amines) is 1. The lowest BCUT2D eigenvalue weighted by atomic mass is 10.1. The summed E-state index contributed by atoms with van der Waals surface area (Å²) in [7, 11) is 1.65. The Balaban J connectivity index is 1.64. The molecule has 2 saturated heterocycles. The number of hydrogen-bond acceptors (Lipinski definition) is 5. The first-order chi connectivity index (χ1) is 9.36. The van der Waals surface area contributed by atoms with E-state index in [0.29, 0.717) is 11.9 Å². The molecular formula is C14H22N4O. The van der Waals surface area contributed by atoms with E-state index in [9.17, 15) is 0 Å². The van der Waals surface area contributed by atoms with Gasteiger partial charge < -0.3 is 9.64 Å². The number of rotatable bonds is 3. The standard InChI is InChI=1S/C14H22N4O/c1-19-13-5-7-15-14(16-13)18-10-6-12(11-18)17-8-3-2-4-9-17/h5,7,12H,2-4,6,8-11H2,1H3. The Morgan fingerprint density at radius 2 is 2.05 bits per heavy atom. The summed E-state index contributed by atoms with van der Waals surface area (Å²) in [6.45, 7) is 4.62. The highest BCUT2D eigenvalue weighted by Gasteiger charge is 2.29. The molecule has 0 aliphatic carbocycles. The van der Waals surface area contributed by atoms with Crippen LogP contribution in [-0.2, 0) is 0 Å². The largest absolute Gasteiger partial charge is 0.481 e. The maximum atomic E-state index is 5.17. The van der Waals surface area contributed by atoms with Gasteiger partial charge >= 0.3 is 0 Å². The minimum absolute atomic E-state index is 0.645. The molecule has 5 heteroatoms. The van der Waals surface area contributed by atoms with Crippen molar-refractivity contribution in [3.05, 3.63) is 12.3 Å². The van der Waals surface area contributed by atoms with Gasteiger partial charge in [-0.2, -0.15) is 4.98 Å². The maximum Gasteiger partial charge on any atom is 0.228 e. The van der Waals surface area contributed by atoms with Crippen LogP contribution < -0.4 is 9.64 Å². The van der Waals surface area contributed by atoms with E-state index in [-0.39, 0.29) is 0 Å². The molecule has 3 heterocycles. The molecule has 0 saturated carbocycles. The molecule has 0 amide bonds. The second-order valence-corrected chi connectivity index (χ2v) is 5.38. The highest BCUT2D eigenvalue weighted by atomic mass is 16.5. The van der Waals surface area contributed by atoms with Gasteiger partial charge in [0.1, 0.15) is 0 Å². The molecule has 1 aromatic heterocycles. The first-order valence-electron chi connectivity index (χ1n) is 7.23. The summed E-state index contributed by atoms with van der Waals surface area (Å²) in [5.41, 5.74) is 0. The fourth-order valence-electron chi connectivity index (χ4n) is 3.10. The van der Waals surface area contributed by atoms with Gasteiger partial charge in [-0.1, -0.05) is 6.42 Å². The van der Waals surface area contributed by atoms with Gasteiger partial charge in [-0.15, -0.1) is 0 Å². The minimum atomic E-state index is 0.645. The van der Waals surface area contributed by atoms with Gasteiger partial charge in [-0.25, -0.2) is 4.98 Å². The van der Waals surface area contributed by atoms with Crippen molar-refractivity contribution in [1.29, 1.82) is 0 Å². The third-order valence-electron chi connectivity index (χ3n) is 4.18. The van der Waals surface area contributed by atoms with E-state index in [2.05, 4.69) is 19.8 Å². The summed E-state index contributed by atoms with van der Waals surface area (Å²) in [6, 6.07) is 2.47. The zero-order valence-electron chi connectivity index (χ0n) is 11.6. The lowest BCUT2D eigenvalue weighted by Gasteiger charge is -2.32. The predicted molar refractivity (Wildman–Crippen MR) is 74.6 cm³/mol. The van der Waals surface area contributed by atoms with Gasteiger partial charge in [0.15, 0.2) is 0 Å². The summed E-state index contributed by atoms with van der Waals surface area (Å²) in [5.74, 6) is 1.45. The van der Waals surface area contributed by atoms with Crippen LogP contribution in [0.25, 0.3) is 0 Å². The van der Waals surface area contributed by atoms with Crippen LogP contribution >= 0.6 is 0 Å². The van der Waals surface area contributed by atoms with Crippen LogP contribution in [0.5, 0.6) is 5.88 Å². The first kappa shape index (κ1) is 12.7. The van der Waals surface area contributed by atoms with E-state index in [1.54, 1.807) is 19.4 Å². The van der Waals surface area contributed by atoms with E-state index in [4.69, 9.17) is 4.74 Å². The van der Waals surface area contributed by atoms with Crippen LogP contribution in [0, 0.1) is 0 Å². The molecule has 1 aromatic rings. The highest BCUT2D eigenvalue weighted by molar-refractivity contribution is 5.34. The van der Waals surface area contributed by atoms with Crippen molar-refractivity contribution in [3.8, 4) is 5.88 Å². The molecule has 0 spiro atoms. The lowest BCUT2D eigenvalue weighted by Crippen LogP contribution is -2.41. The molecule has 0 N–H and O–H groups in total. The summed E-state index contributed by atoms with van der Waals surface area (Å²) >= 11 is 0. The van der Waals surface area contributed by atoms with Crippen LogP contribution in [0.1, 0.15) is 25.7 Å². The van der Waals surface area contributed by atoms with Gasteiger partial charge in [0.2, 0.25) is 11.8 Å². The summed E-state index contributed by atoms with van der Waals surface area (Å²) in [4.78, 5) is 13.7. The molecule has 1 unspecified atom stereocenters. The fourth-order valence-corrected chi connectivity index (χ4v) is 3.10. The van der Waals surface area contributed by atoms with Crippen molar-refractivity contribution >= 4 is 5.95 Å². The highest BCUT2D eigenvalue weighted by Crippen LogP contribution is 2.23. The first-order valence-corrected chi connectivity index (χ1v) is 7.23. The second kappa shape index (κ2) is 5.74. The SMILES string of the molecule is COc1ccnc(N2CCC(N3CCCCC3)C2)n1. The topological polar surface area (TPSA) is 41.5 Å². The Hall–Kier alpha value is -1.36. The molecule has 104 valence electrons. The normalized spacial score (nSPS) is 24.7. The molecule has 19 heavy (non-hydrogen) atoms. The Morgan fingerprint density at radius 3 is 2.84 bits per heavy atom. The summed E-state index contributed by atoms with van der Waals surface area (Å²) < 4.78 is 5.17. The molecule has 0 radical (unpaired) electrons. The van der Waals surface area contributed by atoms with Crippen molar-refractivity contribution in [2.45, 2.75) is 31.7 Å². The number of nitrogens with zero attached hydrogens (tertiary/aromatic N) is 4. The third kappa shape index (κ3) is 2.81. The number of anilines is 1. The second-order valence-electron chi connectivity index (χ2n) is 5.38. The predicted octanol–water partition coefficient (Wildman–Crippen LogP) is 1.55. The quantitative estimate of drug-likeness (QED) is 0.826. The monoisotopic (exact) mass is 262 g/mol. The molecule has 0 aromatic carbocycles. The number of ether oxygens (including phenoxy) is 1. The van der Waals surface area contributed by atoms with Crippen molar-refractivity contribution in [1.82, 2.24) is 14.9 Å². The molecule has 3 rings (SSSR count). The Labute approximate surface area is 114 Å². The van der Waals surface area contributed by atoms with Crippen LogP contribution in [0.15, 0.2) is 12.3 Å². The number of hydrogen-bond donors (Lipinski definition) is 0. The van der Waals surface area contributed by atoms with E-state index < -0.39 is 0 Å². The van der Waals surface area contributed by atoms with E-state index in [1.807, 2.05) is 0 Å². The fraction of sp³-hybridized carbons (Fsp3) is 0.714. The molecule has 2 aliphatic heterocycles. The number of aromatic nitrogens is 2. The Bertz CT molecular complexity index is 420. The van der Waals surface area contributed by atoms with Gasteiger partial charge in [-0.3, -0.25) is 4.90 Å². The van der Waals surface area contributed by atoms with E-state index in [0.717, 1.165) is 19.0 Å². The molecular weight excluding hydrogens is 240 g/mol. The van der Waals surface area contributed by atoms with Crippen molar-refractivity contribution in [2.75, 3.05) is 38.2 Å². The minimum Gasteiger partial charge on any atom is -0.481 e. The molecule has 1 atom stereocenters. The lowest BCUT2D eigenvalue weighted by molar-refractivity contribution is 0.174. The zero-order chi connectivity index (χ0) is 13.1. The summed E-state index contributed by atoms with van der Waals surface area (Å²) in [5, 5.41) is 0. The summed E-state index contributed by atoms with van der Waals surface area (Å²) in [6.07, 6.45) is 7.10. The molecule has 2 fully saturated rings. The molecule has 0 bridgehead atoms. The Kier molecular flexibility index (Phi) is 3.82. The average Bonchev–Trinajstić information content (AvgIpc) is 2.98. The molecule has 2 aliphatic rings. The van der Waals surface area contributed by atoms with Crippen LogP contribution in [0.2, 0.25) is 0 Å². The van der Waals surface area contributed by atoms with Crippen LogP contribution in [-0.4, -0.2) is 54.2 Å². The smallest absolute Gasteiger partial charge is 0.228 e. The van der Waals surface area contributed by atoms with Gasteiger partial charge in [0.25, 0.3) is 0 Å². The molecule has 5 nitrogen and oxygen atoms in total. The number of piperidine rings is 1. The third-order valence-corrected chi connectivity index (χ3v) is 4.18. The van der Waals surface area contributed by atoms with E-state index in [1.165, 1.54) is 38.8 Å². The van der Waals surface area contributed by atoms with Crippen LogP contribution in [0.4, 0.5) is 5.95 Å². The Morgan fingerprint density at radius 1 is 1.21 bits per heavy atom. The van der Waals surface area contributed by atoms with Gasteiger partial charge in [0, 0.05) is 31.4 Å². The maximum absolute atomic E-state index is 5.17. The van der Waals surface area contributed by atoms with Crippen LogP contribution in [0.3, 0.4) is 0 Å². The van der Waals surface area contributed by atoms with Gasteiger partial charge in [-0.05, 0) is 32.4 Å².